The topological polar surface area (TPSA) is 62.5 Å². The zero-order valence-electron chi connectivity index (χ0n) is 13.4. The van der Waals surface area contributed by atoms with E-state index >= 15 is 0 Å². The summed E-state index contributed by atoms with van der Waals surface area (Å²) in [7, 11) is 0. The summed E-state index contributed by atoms with van der Waals surface area (Å²) in [5.41, 5.74) is 3.85. The van der Waals surface area contributed by atoms with Crippen molar-refractivity contribution < 1.29 is 14.3 Å². The summed E-state index contributed by atoms with van der Waals surface area (Å²) in [6.45, 7) is 6.06. The van der Waals surface area contributed by atoms with Gasteiger partial charge in [-0.2, -0.15) is 0 Å². The molecule has 118 valence electrons. The minimum Gasteiger partial charge on any atom is -0.450 e. The minimum absolute atomic E-state index is 0.0484. The van der Waals surface area contributed by atoms with E-state index in [0.717, 1.165) is 40.5 Å². The number of carbonyl (C=O) groups excluding carboxylic acids is 1. The molecule has 1 aliphatic carbocycles. The first-order valence-corrected chi connectivity index (χ1v) is 7.94. The number of benzene rings is 1. The van der Waals surface area contributed by atoms with Crippen LogP contribution in [0.3, 0.4) is 0 Å². The summed E-state index contributed by atoms with van der Waals surface area (Å²) in [6, 6.07) is 4.12. The third-order valence-electron chi connectivity index (χ3n) is 4.64. The van der Waals surface area contributed by atoms with Gasteiger partial charge in [0.25, 0.3) is 5.91 Å². The minimum atomic E-state index is -0.169. The molecule has 1 atom stereocenters. The van der Waals surface area contributed by atoms with E-state index < -0.39 is 0 Å². The van der Waals surface area contributed by atoms with Crippen molar-refractivity contribution in [3.05, 3.63) is 34.6 Å². The van der Waals surface area contributed by atoms with Gasteiger partial charge in [-0.05, 0) is 57.1 Å². The molecule has 1 aromatic heterocycles. The number of aryl methyl sites for hydroxylation is 3. The molecule has 4 nitrogen and oxygen atoms in total. The number of aliphatic hydroxyl groups is 1. The number of aliphatic hydroxyl groups excluding tert-OH is 1. The van der Waals surface area contributed by atoms with Crippen molar-refractivity contribution >= 4 is 16.9 Å². The van der Waals surface area contributed by atoms with Crippen LogP contribution >= 0.6 is 0 Å². The third kappa shape index (κ3) is 2.63. The Kier molecular flexibility index (Phi) is 3.96. The predicted molar refractivity (Wildman–Crippen MR) is 86.1 cm³/mol. The Morgan fingerprint density at radius 3 is 2.59 bits per heavy atom. The number of furan rings is 1. The van der Waals surface area contributed by atoms with Crippen LogP contribution in [-0.4, -0.2) is 23.7 Å². The Morgan fingerprint density at radius 1 is 1.32 bits per heavy atom. The zero-order valence-corrected chi connectivity index (χ0v) is 13.4. The van der Waals surface area contributed by atoms with E-state index in [-0.39, 0.29) is 18.6 Å². The monoisotopic (exact) mass is 301 g/mol. The Bertz CT molecular complexity index is 713. The Hall–Kier alpha value is -1.81. The van der Waals surface area contributed by atoms with Crippen LogP contribution in [0.5, 0.6) is 0 Å². The molecule has 1 aromatic carbocycles. The van der Waals surface area contributed by atoms with Gasteiger partial charge in [0.1, 0.15) is 5.58 Å². The maximum atomic E-state index is 12.6. The zero-order chi connectivity index (χ0) is 15.9. The van der Waals surface area contributed by atoms with Crippen LogP contribution in [0, 0.1) is 26.7 Å². The molecule has 1 saturated carbocycles. The molecule has 0 aliphatic heterocycles. The highest BCUT2D eigenvalue weighted by atomic mass is 16.3. The van der Waals surface area contributed by atoms with E-state index in [9.17, 15) is 4.79 Å². The number of hydrogen-bond acceptors (Lipinski definition) is 3. The first kappa shape index (κ1) is 15.1. The van der Waals surface area contributed by atoms with E-state index in [1.807, 2.05) is 26.8 Å². The number of amides is 1. The van der Waals surface area contributed by atoms with Gasteiger partial charge in [0.05, 0.1) is 0 Å². The van der Waals surface area contributed by atoms with Crippen LogP contribution in [0.25, 0.3) is 11.0 Å². The summed E-state index contributed by atoms with van der Waals surface area (Å²) in [5, 5.41) is 13.2. The first-order chi connectivity index (χ1) is 10.5. The second-order valence-corrected chi connectivity index (χ2v) is 6.39. The van der Waals surface area contributed by atoms with Crippen molar-refractivity contribution in [2.75, 3.05) is 6.61 Å². The van der Waals surface area contributed by atoms with Gasteiger partial charge < -0.3 is 14.8 Å². The van der Waals surface area contributed by atoms with E-state index in [2.05, 4.69) is 11.4 Å². The summed E-state index contributed by atoms with van der Waals surface area (Å²) in [6.07, 6.45) is 2.86. The molecule has 0 bridgehead atoms. The van der Waals surface area contributed by atoms with Gasteiger partial charge in [-0.25, -0.2) is 0 Å². The Morgan fingerprint density at radius 2 is 2.00 bits per heavy atom. The van der Waals surface area contributed by atoms with Crippen LogP contribution in [0.4, 0.5) is 0 Å². The van der Waals surface area contributed by atoms with Crippen molar-refractivity contribution in [3.63, 3.8) is 0 Å². The van der Waals surface area contributed by atoms with E-state index in [0.29, 0.717) is 18.1 Å². The molecule has 0 saturated heterocycles. The van der Waals surface area contributed by atoms with Crippen LogP contribution in [0.15, 0.2) is 16.5 Å². The van der Waals surface area contributed by atoms with Gasteiger partial charge in [0.15, 0.2) is 5.76 Å². The largest absolute Gasteiger partial charge is 0.450 e. The smallest absolute Gasteiger partial charge is 0.287 e. The quantitative estimate of drug-likeness (QED) is 0.891. The van der Waals surface area contributed by atoms with Crippen molar-refractivity contribution in [1.29, 1.82) is 0 Å². The number of nitrogens with one attached hydrogen (secondary N) is 1. The van der Waals surface area contributed by atoms with Crippen LogP contribution in [0.1, 0.15) is 46.5 Å². The molecule has 0 spiro atoms. The molecule has 1 fully saturated rings. The maximum Gasteiger partial charge on any atom is 0.287 e. The van der Waals surface area contributed by atoms with Crippen molar-refractivity contribution in [2.45, 2.75) is 46.1 Å². The summed E-state index contributed by atoms with van der Waals surface area (Å²) < 4.78 is 5.88. The number of fused-ring (bicyclic) bond motifs is 1. The first-order valence-electron chi connectivity index (χ1n) is 7.94. The lowest BCUT2D eigenvalue weighted by molar-refractivity contribution is 0.0897. The SMILES string of the molecule is Cc1ccc(C)c2c(C)c(C(=O)NC(CCO)C3CC3)oc12. The Balaban J connectivity index is 1.92. The lowest BCUT2D eigenvalue weighted by Gasteiger charge is -2.16. The van der Waals surface area contributed by atoms with Gasteiger partial charge in [-0.15, -0.1) is 0 Å². The highest BCUT2D eigenvalue weighted by Crippen LogP contribution is 2.35. The fourth-order valence-electron chi connectivity index (χ4n) is 3.19. The van der Waals surface area contributed by atoms with Gasteiger partial charge in [0, 0.05) is 23.6 Å². The molecule has 2 aromatic rings. The lowest BCUT2D eigenvalue weighted by atomic mass is 10.0. The van der Waals surface area contributed by atoms with Gasteiger partial charge in [-0.1, -0.05) is 12.1 Å². The predicted octanol–water partition coefficient (Wildman–Crippen LogP) is 3.25. The molecule has 4 heteroatoms. The van der Waals surface area contributed by atoms with Crippen molar-refractivity contribution in [1.82, 2.24) is 5.32 Å². The maximum absolute atomic E-state index is 12.6. The molecule has 22 heavy (non-hydrogen) atoms. The van der Waals surface area contributed by atoms with Gasteiger partial charge >= 0.3 is 0 Å². The number of carbonyl (C=O) groups is 1. The van der Waals surface area contributed by atoms with Crippen LogP contribution in [0.2, 0.25) is 0 Å². The van der Waals surface area contributed by atoms with E-state index in [1.54, 1.807) is 0 Å². The van der Waals surface area contributed by atoms with Crippen molar-refractivity contribution in [2.24, 2.45) is 5.92 Å². The Labute approximate surface area is 130 Å². The molecular formula is C18H23NO3. The molecule has 1 amide bonds. The number of hydrogen-bond donors (Lipinski definition) is 2. The molecule has 2 N–H and O–H groups in total. The standard InChI is InChI=1S/C18H23NO3/c1-10-4-5-11(2)16-15(10)12(3)17(22-16)18(21)19-14(8-9-20)13-6-7-13/h4-5,13-14,20H,6-9H2,1-3H3,(H,19,21). The highest BCUT2D eigenvalue weighted by Gasteiger charge is 2.33. The lowest BCUT2D eigenvalue weighted by Crippen LogP contribution is -2.37. The third-order valence-corrected chi connectivity index (χ3v) is 4.64. The molecule has 1 heterocycles. The van der Waals surface area contributed by atoms with E-state index in [4.69, 9.17) is 9.52 Å². The summed E-state index contributed by atoms with van der Waals surface area (Å²) in [4.78, 5) is 12.6. The highest BCUT2D eigenvalue weighted by molar-refractivity contribution is 6.00. The fraction of sp³-hybridized carbons (Fsp3) is 0.500. The fourth-order valence-corrected chi connectivity index (χ4v) is 3.19. The molecule has 0 radical (unpaired) electrons. The molecular weight excluding hydrogens is 278 g/mol. The molecule has 1 aliphatic rings. The second-order valence-electron chi connectivity index (χ2n) is 6.39. The average Bonchev–Trinajstić information content (AvgIpc) is 3.26. The van der Waals surface area contributed by atoms with E-state index in [1.165, 1.54) is 0 Å². The van der Waals surface area contributed by atoms with Gasteiger partial charge in [-0.3, -0.25) is 4.79 Å². The molecule has 3 rings (SSSR count). The summed E-state index contributed by atoms with van der Waals surface area (Å²) in [5.74, 6) is 0.734. The average molecular weight is 301 g/mol. The van der Waals surface area contributed by atoms with Crippen molar-refractivity contribution in [3.8, 4) is 0 Å². The molecule has 1 unspecified atom stereocenters. The van der Waals surface area contributed by atoms with Crippen LogP contribution in [-0.2, 0) is 0 Å². The van der Waals surface area contributed by atoms with Crippen LogP contribution < -0.4 is 5.32 Å². The number of rotatable bonds is 5. The normalized spacial score (nSPS) is 16.0. The summed E-state index contributed by atoms with van der Waals surface area (Å²) >= 11 is 0. The van der Waals surface area contributed by atoms with Gasteiger partial charge in [0.2, 0.25) is 0 Å². The second kappa shape index (κ2) is 5.76.